The van der Waals surface area contributed by atoms with Crippen molar-refractivity contribution < 1.29 is 32.5 Å². The third-order valence-electron chi connectivity index (χ3n) is 6.37. The quantitative estimate of drug-likeness (QED) is 0.0768. The van der Waals surface area contributed by atoms with Crippen LogP contribution >= 0.6 is 7.82 Å². The molecular formula is C28H59N2O6P. The Labute approximate surface area is 228 Å². The van der Waals surface area contributed by atoms with Crippen molar-refractivity contribution in [1.82, 2.24) is 5.32 Å². The topological polar surface area (TPSA) is 96.9 Å². The summed E-state index contributed by atoms with van der Waals surface area (Å²) >= 11 is 0. The lowest BCUT2D eigenvalue weighted by molar-refractivity contribution is -0.870. The van der Waals surface area contributed by atoms with Crippen molar-refractivity contribution in [2.75, 3.05) is 54.1 Å². The molecule has 0 spiro atoms. The average molecular weight is 551 g/mol. The predicted octanol–water partition coefficient (Wildman–Crippen LogP) is 5.98. The lowest BCUT2D eigenvalue weighted by Crippen LogP contribution is -2.38. The first-order chi connectivity index (χ1) is 17.6. The van der Waals surface area contributed by atoms with Crippen LogP contribution in [0.4, 0.5) is 0 Å². The predicted molar refractivity (Wildman–Crippen MR) is 150 cm³/mol. The molecule has 1 unspecified atom stereocenters. The van der Waals surface area contributed by atoms with Crippen molar-refractivity contribution in [1.29, 1.82) is 0 Å². The summed E-state index contributed by atoms with van der Waals surface area (Å²) in [6.07, 6.45) is 19.3. The second kappa shape index (κ2) is 23.4. The molecule has 0 rings (SSSR count). The molecule has 0 saturated carbocycles. The first kappa shape index (κ1) is 36.5. The van der Waals surface area contributed by atoms with E-state index in [1.165, 1.54) is 83.5 Å². The molecule has 0 heterocycles. The van der Waals surface area contributed by atoms with Crippen LogP contribution in [0.15, 0.2) is 0 Å². The molecule has 0 aromatic heterocycles. The zero-order valence-electron chi connectivity index (χ0n) is 24.8. The van der Waals surface area contributed by atoms with E-state index in [0.717, 1.165) is 12.8 Å². The van der Waals surface area contributed by atoms with Gasteiger partial charge in [0.25, 0.3) is 7.82 Å². The lowest BCUT2D eigenvalue weighted by Gasteiger charge is -2.28. The maximum absolute atomic E-state index is 12.2. The van der Waals surface area contributed by atoms with Crippen molar-refractivity contribution >= 4 is 13.7 Å². The van der Waals surface area contributed by atoms with Crippen LogP contribution in [0.3, 0.4) is 0 Å². The molecule has 0 aliphatic carbocycles. The highest BCUT2D eigenvalue weighted by atomic mass is 31.2. The highest BCUT2D eigenvalue weighted by Crippen LogP contribution is 2.38. The number of phosphoric ester groups is 1. The van der Waals surface area contributed by atoms with E-state index in [4.69, 9.17) is 13.8 Å². The third kappa shape index (κ3) is 26.9. The molecule has 9 heteroatoms. The minimum Gasteiger partial charge on any atom is -0.756 e. The van der Waals surface area contributed by atoms with Gasteiger partial charge >= 0.3 is 0 Å². The van der Waals surface area contributed by atoms with E-state index < -0.39 is 13.9 Å². The molecular weight excluding hydrogens is 491 g/mol. The van der Waals surface area contributed by atoms with Crippen LogP contribution in [0.2, 0.25) is 0 Å². The largest absolute Gasteiger partial charge is 0.756 e. The maximum atomic E-state index is 12.2. The molecule has 0 aromatic rings. The molecule has 0 aliphatic heterocycles. The highest BCUT2D eigenvalue weighted by molar-refractivity contribution is 7.45. The van der Waals surface area contributed by atoms with Crippen LogP contribution in [0, 0.1) is 0 Å². The van der Waals surface area contributed by atoms with Crippen LogP contribution in [-0.4, -0.2) is 70.5 Å². The van der Waals surface area contributed by atoms with Gasteiger partial charge in [-0.1, -0.05) is 96.8 Å². The Morgan fingerprint density at radius 3 is 1.76 bits per heavy atom. The van der Waals surface area contributed by atoms with Crippen molar-refractivity contribution in [3.63, 3.8) is 0 Å². The van der Waals surface area contributed by atoms with Crippen LogP contribution < -0.4 is 10.2 Å². The summed E-state index contributed by atoms with van der Waals surface area (Å²) in [5.74, 6) is -0.0381. The number of carbonyl (C=O) groups is 1. The molecule has 1 N–H and O–H groups in total. The van der Waals surface area contributed by atoms with Crippen molar-refractivity contribution in [3.8, 4) is 0 Å². The summed E-state index contributed by atoms with van der Waals surface area (Å²) in [7, 11) is 1.45. The number of hydrogen-bond donors (Lipinski definition) is 1. The Morgan fingerprint density at radius 1 is 0.811 bits per heavy atom. The number of nitrogens with zero attached hydrogens (tertiary/aromatic N) is 1. The van der Waals surface area contributed by atoms with E-state index in [2.05, 4.69) is 12.2 Å². The molecule has 0 bridgehead atoms. The Morgan fingerprint density at radius 2 is 1.30 bits per heavy atom. The van der Waals surface area contributed by atoms with Crippen molar-refractivity contribution in [2.45, 2.75) is 123 Å². The second-order valence-electron chi connectivity index (χ2n) is 11.2. The van der Waals surface area contributed by atoms with Gasteiger partial charge in [0.2, 0.25) is 5.91 Å². The molecule has 1 amide bonds. The summed E-state index contributed by atoms with van der Waals surface area (Å²) in [5.41, 5.74) is 0. The zero-order valence-corrected chi connectivity index (χ0v) is 25.7. The molecule has 0 aromatic carbocycles. The third-order valence-corrected chi connectivity index (χ3v) is 7.33. The first-order valence-corrected chi connectivity index (χ1v) is 16.3. The number of ether oxygens (including phenoxy) is 1. The number of likely N-dealkylation sites (N-methyl/N-ethyl adjacent to an activating group) is 1. The van der Waals surface area contributed by atoms with Crippen molar-refractivity contribution in [3.05, 3.63) is 0 Å². The summed E-state index contributed by atoms with van der Waals surface area (Å²) in [5, 5.41) is 2.84. The Kier molecular flexibility index (Phi) is 23.1. The van der Waals surface area contributed by atoms with Gasteiger partial charge < -0.3 is 28.5 Å². The Bertz CT molecular complexity index is 586. The standard InChI is InChI=1S/C28H59N2O6P/c1-6-8-9-10-11-12-13-14-15-16-17-18-19-20-21-22-28(31)29-25-27(34-7-2)26-36-37(32,33)35-24-23-30(3,4)5/h27H,6-26H2,1-5H3,(H-,29,31,32,33)/t27-/m0/s1. The monoisotopic (exact) mass is 550 g/mol. The SMILES string of the molecule is CCCCCCCCCCCCCCCCCC(=O)NC[C@@H](COP(=O)([O-])OCC[N+](C)(C)C)OCC. The smallest absolute Gasteiger partial charge is 0.268 e. The second-order valence-corrected chi connectivity index (χ2v) is 12.6. The number of amides is 1. The number of hydrogen-bond acceptors (Lipinski definition) is 6. The molecule has 0 aliphatic rings. The van der Waals surface area contributed by atoms with Gasteiger partial charge in [0.1, 0.15) is 13.2 Å². The van der Waals surface area contributed by atoms with Gasteiger partial charge in [0, 0.05) is 19.6 Å². The van der Waals surface area contributed by atoms with Gasteiger partial charge in [0.05, 0.1) is 33.9 Å². The van der Waals surface area contributed by atoms with E-state index >= 15 is 0 Å². The average Bonchev–Trinajstić information content (AvgIpc) is 2.82. The number of rotatable bonds is 27. The number of carbonyl (C=O) groups excluding carboxylic acids is 1. The van der Waals surface area contributed by atoms with E-state index in [-0.39, 0.29) is 25.7 Å². The Balaban J connectivity index is 3.75. The van der Waals surface area contributed by atoms with Crippen LogP contribution in [0.25, 0.3) is 0 Å². The fourth-order valence-corrected chi connectivity index (χ4v) is 4.74. The maximum Gasteiger partial charge on any atom is 0.268 e. The minimum atomic E-state index is -4.40. The van der Waals surface area contributed by atoms with E-state index in [1.54, 1.807) is 0 Å². The molecule has 0 saturated heterocycles. The minimum absolute atomic E-state index is 0.0381. The summed E-state index contributed by atoms with van der Waals surface area (Å²) in [6.45, 7) is 5.11. The van der Waals surface area contributed by atoms with Gasteiger partial charge in [-0.2, -0.15) is 0 Å². The molecule has 37 heavy (non-hydrogen) atoms. The zero-order chi connectivity index (χ0) is 27.8. The molecule has 222 valence electrons. The van der Waals surface area contributed by atoms with Crippen LogP contribution in [0.5, 0.6) is 0 Å². The van der Waals surface area contributed by atoms with E-state index in [0.29, 0.717) is 24.1 Å². The summed E-state index contributed by atoms with van der Waals surface area (Å²) in [6, 6.07) is 0. The van der Waals surface area contributed by atoms with Gasteiger partial charge in [-0.05, 0) is 13.3 Å². The normalized spacial score (nSPS) is 14.4. The summed E-state index contributed by atoms with van der Waals surface area (Å²) in [4.78, 5) is 24.1. The molecule has 8 nitrogen and oxygen atoms in total. The van der Waals surface area contributed by atoms with Gasteiger partial charge in [-0.25, -0.2) is 0 Å². The van der Waals surface area contributed by atoms with E-state index in [9.17, 15) is 14.3 Å². The number of phosphoric acid groups is 1. The van der Waals surface area contributed by atoms with Crippen molar-refractivity contribution in [2.24, 2.45) is 0 Å². The van der Waals surface area contributed by atoms with E-state index in [1.807, 2.05) is 28.1 Å². The van der Waals surface area contributed by atoms with Gasteiger partial charge in [-0.3, -0.25) is 9.36 Å². The lowest BCUT2D eigenvalue weighted by atomic mass is 10.0. The van der Waals surface area contributed by atoms with Crippen LogP contribution in [-0.2, 0) is 23.1 Å². The number of unbranched alkanes of at least 4 members (excludes halogenated alkanes) is 14. The number of nitrogens with one attached hydrogen (secondary N) is 1. The fourth-order valence-electron chi connectivity index (χ4n) is 4.01. The number of quaternary nitrogens is 1. The molecule has 0 fully saturated rings. The van der Waals surface area contributed by atoms with Gasteiger partial charge in [-0.15, -0.1) is 0 Å². The first-order valence-electron chi connectivity index (χ1n) is 14.9. The molecule has 0 radical (unpaired) electrons. The molecule has 2 atom stereocenters. The highest BCUT2D eigenvalue weighted by Gasteiger charge is 2.17. The van der Waals surface area contributed by atoms with Gasteiger partial charge in [0.15, 0.2) is 0 Å². The summed E-state index contributed by atoms with van der Waals surface area (Å²) < 4.78 is 28.0. The Hall–Kier alpha value is -0.500. The van der Waals surface area contributed by atoms with Crippen LogP contribution in [0.1, 0.15) is 117 Å². The fraction of sp³-hybridized carbons (Fsp3) is 0.964.